The maximum Gasteiger partial charge on any atom is 0.243 e. The Morgan fingerprint density at radius 1 is 1.18 bits per heavy atom. The standard InChI is InChI=1S/C13H23NO8/c1-2-9(16)14-3-4-20-5-6-21-13-12(19)11(18)10(17)8(7-15)22-13/h2,8,10-13,15,17-19H,1,3-7H2,(H,14,16)/t8-,10-,11+,12-,13+/m1/s1. The lowest BCUT2D eigenvalue weighted by molar-refractivity contribution is -0.302. The molecule has 0 bridgehead atoms. The van der Waals surface area contributed by atoms with Crippen LogP contribution in [0.15, 0.2) is 12.7 Å². The van der Waals surface area contributed by atoms with E-state index in [4.69, 9.17) is 19.3 Å². The number of nitrogens with one attached hydrogen (secondary N) is 1. The Balaban J connectivity index is 2.18. The molecule has 128 valence electrons. The van der Waals surface area contributed by atoms with E-state index >= 15 is 0 Å². The van der Waals surface area contributed by atoms with E-state index in [0.717, 1.165) is 6.08 Å². The van der Waals surface area contributed by atoms with Crippen molar-refractivity contribution in [3.8, 4) is 0 Å². The van der Waals surface area contributed by atoms with Gasteiger partial charge in [0, 0.05) is 6.54 Å². The van der Waals surface area contributed by atoms with Crippen LogP contribution in [0, 0.1) is 0 Å². The van der Waals surface area contributed by atoms with E-state index < -0.39 is 37.3 Å². The quantitative estimate of drug-likeness (QED) is 0.226. The third-order valence-electron chi connectivity index (χ3n) is 3.09. The molecule has 0 aliphatic carbocycles. The van der Waals surface area contributed by atoms with Gasteiger partial charge in [0.05, 0.1) is 26.4 Å². The van der Waals surface area contributed by atoms with E-state index in [2.05, 4.69) is 11.9 Å². The third-order valence-corrected chi connectivity index (χ3v) is 3.09. The van der Waals surface area contributed by atoms with E-state index in [1.54, 1.807) is 0 Å². The van der Waals surface area contributed by atoms with Crippen LogP contribution in [0.5, 0.6) is 0 Å². The number of amides is 1. The van der Waals surface area contributed by atoms with Crippen molar-refractivity contribution in [1.29, 1.82) is 0 Å². The molecule has 1 aliphatic heterocycles. The van der Waals surface area contributed by atoms with Gasteiger partial charge >= 0.3 is 0 Å². The lowest BCUT2D eigenvalue weighted by Gasteiger charge is -2.39. The maximum atomic E-state index is 10.8. The molecular formula is C13H23NO8. The molecule has 0 aromatic heterocycles. The van der Waals surface area contributed by atoms with Gasteiger partial charge in [0.25, 0.3) is 0 Å². The molecule has 1 fully saturated rings. The van der Waals surface area contributed by atoms with E-state index in [9.17, 15) is 20.1 Å². The molecule has 0 aromatic rings. The van der Waals surface area contributed by atoms with Crippen LogP contribution in [0.2, 0.25) is 0 Å². The normalized spacial score (nSPS) is 31.7. The first kappa shape index (κ1) is 19.0. The number of carbonyl (C=O) groups excluding carboxylic acids is 1. The van der Waals surface area contributed by atoms with Crippen LogP contribution >= 0.6 is 0 Å². The second-order valence-corrected chi connectivity index (χ2v) is 4.68. The number of aliphatic hydroxyl groups excluding tert-OH is 4. The van der Waals surface area contributed by atoms with Gasteiger partial charge in [-0.25, -0.2) is 0 Å². The first-order chi connectivity index (χ1) is 10.5. The summed E-state index contributed by atoms with van der Waals surface area (Å²) in [6, 6.07) is 0. The Hall–Kier alpha value is -1.07. The summed E-state index contributed by atoms with van der Waals surface area (Å²) in [7, 11) is 0. The smallest absolute Gasteiger partial charge is 0.243 e. The minimum atomic E-state index is -1.47. The molecule has 22 heavy (non-hydrogen) atoms. The van der Waals surface area contributed by atoms with Gasteiger partial charge in [-0.3, -0.25) is 4.79 Å². The van der Waals surface area contributed by atoms with Crippen molar-refractivity contribution in [2.45, 2.75) is 30.7 Å². The van der Waals surface area contributed by atoms with Crippen LogP contribution in [0.4, 0.5) is 0 Å². The van der Waals surface area contributed by atoms with Crippen LogP contribution in [-0.4, -0.2) is 90.0 Å². The fraction of sp³-hybridized carbons (Fsp3) is 0.769. The van der Waals surface area contributed by atoms with Crippen molar-refractivity contribution in [1.82, 2.24) is 5.32 Å². The average Bonchev–Trinajstić information content (AvgIpc) is 2.53. The first-order valence-corrected chi connectivity index (χ1v) is 6.91. The summed E-state index contributed by atoms with van der Waals surface area (Å²) in [5.74, 6) is -0.291. The number of ether oxygens (including phenoxy) is 3. The second-order valence-electron chi connectivity index (χ2n) is 4.68. The van der Waals surface area contributed by atoms with Crippen molar-refractivity contribution in [3.05, 3.63) is 12.7 Å². The van der Waals surface area contributed by atoms with Crippen LogP contribution in [-0.2, 0) is 19.0 Å². The minimum Gasteiger partial charge on any atom is -0.394 e. The molecule has 9 heteroatoms. The Bertz CT molecular complexity index is 351. The fourth-order valence-corrected chi connectivity index (χ4v) is 1.85. The predicted molar refractivity (Wildman–Crippen MR) is 73.7 cm³/mol. The highest BCUT2D eigenvalue weighted by molar-refractivity contribution is 5.86. The average molecular weight is 321 g/mol. The van der Waals surface area contributed by atoms with Gasteiger partial charge in [-0.05, 0) is 6.08 Å². The predicted octanol–water partition coefficient (Wildman–Crippen LogP) is -2.88. The van der Waals surface area contributed by atoms with Crippen molar-refractivity contribution in [2.75, 3.05) is 33.0 Å². The zero-order valence-corrected chi connectivity index (χ0v) is 12.1. The minimum absolute atomic E-state index is 0.0676. The first-order valence-electron chi connectivity index (χ1n) is 6.91. The molecule has 5 N–H and O–H groups in total. The van der Waals surface area contributed by atoms with E-state index in [0.29, 0.717) is 6.54 Å². The van der Waals surface area contributed by atoms with Crippen molar-refractivity contribution in [2.24, 2.45) is 0 Å². The monoisotopic (exact) mass is 321 g/mol. The number of carbonyl (C=O) groups is 1. The number of aliphatic hydroxyl groups is 4. The molecule has 1 aliphatic rings. The van der Waals surface area contributed by atoms with Gasteiger partial charge in [0.15, 0.2) is 6.29 Å². The van der Waals surface area contributed by atoms with Crippen molar-refractivity contribution < 1.29 is 39.4 Å². The summed E-state index contributed by atoms with van der Waals surface area (Å²) in [6.07, 6.45) is -5.32. The molecular weight excluding hydrogens is 298 g/mol. The van der Waals surface area contributed by atoms with E-state index in [-0.39, 0.29) is 25.7 Å². The van der Waals surface area contributed by atoms with Gasteiger partial charge in [0.1, 0.15) is 24.4 Å². The summed E-state index contributed by atoms with van der Waals surface area (Å²) in [6.45, 7) is 3.64. The second kappa shape index (κ2) is 9.85. The highest BCUT2D eigenvalue weighted by Gasteiger charge is 2.43. The Morgan fingerprint density at radius 3 is 2.55 bits per heavy atom. The molecule has 1 heterocycles. The SMILES string of the molecule is C=CC(=O)NCCOCCO[C@H]1O[C@H](CO)[C@@H](O)[C@H](O)[C@H]1O. The molecule has 5 atom stereocenters. The molecule has 0 saturated carbocycles. The van der Waals surface area contributed by atoms with Gasteiger partial charge in [0.2, 0.25) is 5.91 Å². The van der Waals surface area contributed by atoms with Gasteiger partial charge in [-0.15, -0.1) is 0 Å². The Morgan fingerprint density at radius 2 is 1.91 bits per heavy atom. The Kier molecular flexibility index (Phi) is 8.49. The lowest BCUT2D eigenvalue weighted by atomic mass is 9.99. The molecule has 1 amide bonds. The zero-order valence-electron chi connectivity index (χ0n) is 12.1. The molecule has 0 aromatic carbocycles. The van der Waals surface area contributed by atoms with E-state index in [1.807, 2.05) is 0 Å². The van der Waals surface area contributed by atoms with Crippen LogP contribution in [0.25, 0.3) is 0 Å². The summed E-state index contributed by atoms with van der Waals surface area (Å²) in [5, 5.41) is 40.4. The van der Waals surface area contributed by atoms with Gasteiger partial charge in [-0.2, -0.15) is 0 Å². The zero-order chi connectivity index (χ0) is 16.5. The molecule has 0 spiro atoms. The number of hydrogen-bond donors (Lipinski definition) is 5. The lowest BCUT2D eigenvalue weighted by Crippen LogP contribution is -2.59. The molecule has 1 rings (SSSR count). The summed E-state index contributed by atoms with van der Waals surface area (Å²) >= 11 is 0. The Labute approximate surface area is 128 Å². The van der Waals surface area contributed by atoms with Gasteiger partial charge < -0.3 is 40.0 Å². The van der Waals surface area contributed by atoms with Crippen LogP contribution in [0.1, 0.15) is 0 Å². The molecule has 1 saturated heterocycles. The molecule has 9 nitrogen and oxygen atoms in total. The topological polar surface area (TPSA) is 138 Å². The number of rotatable bonds is 9. The van der Waals surface area contributed by atoms with Crippen LogP contribution in [0.3, 0.4) is 0 Å². The highest BCUT2D eigenvalue weighted by atomic mass is 16.7. The number of hydrogen-bond acceptors (Lipinski definition) is 8. The summed E-state index contributed by atoms with van der Waals surface area (Å²) in [5.41, 5.74) is 0. The molecule has 0 unspecified atom stereocenters. The van der Waals surface area contributed by atoms with Crippen molar-refractivity contribution >= 4 is 5.91 Å². The van der Waals surface area contributed by atoms with Crippen molar-refractivity contribution in [3.63, 3.8) is 0 Å². The summed E-state index contributed by atoms with van der Waals surface area (Å²) < 4.78 is 15.5. The van der Waals surface area contributed by atoms with Crippen LogP contribution < -0.4 is 5.32 Å². The third kappa shape index (κ3) is 5.61. The molecule has 0 radical (unpaired) electrons. The maximum absolute atomic E-state index is 10.8. The fourth-order valence-electron chi connectivity index (χ4n) is 1.85. The summed E-state index contributed by atoms with van der Waals surface area (Å²) in [4.78, 5) is 10.8. The largest absolute Gasteiger partial charge is 0.394 e. The van der Waals surface area contributed by atoms with Gasteiger partial charge in [-0.1, -0.05) is 6.58 Å². The highest BCUT2D eigenvalue weighted by Crippen LogP contribution is 2.21. The van der Waals surface area contributed by atoms with E-state index in [1.165, 1.54) is 0 Å².